The Labute approximate surface area is 222 Å². The molecule has 0 aromatic heterocycles. The maximum Gasteiger partial charge on any atom is 0.0669 e. The van der Waals surface area contributed by atoms with E-state index in [1.807, 2.05) is 6.92 Å². The molecule has 0 aliphatic heterocycles. The van der Waals surface area contributed by atoms with Gasteiger partial charge in [0.25, 0.3) is 0 Å². The Kier molecular flexibility index (Phi) is 13.2. The molecule has 2 aromatic carbocycles. The number of nitrogens with zero attached hydrogens (tertiary/aromatic N) is 2. The topological polar surface area (TPSA) is 24.7 Å². The molecule has 0 fully saturated rings. The minimum absolute atomic E-state index is 0.404. The second-order valence-electron chi connectivity index (χ2n) is 9.49. The van der Waals surface area contributed by atoms with Gasteiger partial charge in [-0.25, -0.2) is 6.92 Å². The molecule has 5 heteroatoms. The van der Waals surface area contributed by atoms with E-state index in [0.717, 1.165) is 22.8 Å². The Hall–Kier alpha value is -0.896. The quantitative estimate of drug-likeness (QED) is 0.167. The van der Waals surface area contributed by atoms with Crippen molar-refractivity contribution >= 4 is 51.2 Å². The van der Waals surface area contributed by atoms with Crippen LogP contribution in [0.15, 0.2) is 46.4 Å². The number of benzene rings is 2. The molecular formula is C28H39Br2N2Ni. The maximum atomic E-state index is 5.07. The number of aliphatic imine (C=N–C) groups is 2. The van der Waals surface area contributed by atoms with Gasteiger partial charge in [-0.15, -0.1) is 0 Å². The number of hydrogen-bond acceptors (Lipinski definition) is 2. The van der Waals surface area contributed by atoms with Gasteiger partial charge >= 0.3 is 39.3 Å². The summed E-state index contributed by atoms with van der Waals surface area (Å²) in [6.07, 6.45) is 0. The zero-order valence-corrected chi connectivity index (χ0v) is 25.6. The summed E-state index contributed by atoms with van der Waals surface area (Å²) < 4.78 is 0. The minimum atomic E-state index is 0.404. The van der Waals surface area contributed by atoms with Gasteiger partial charge < -0.3 is 4.99 Å². The van der Waals surface area contributed by atoms with Gasteiger partial charge in [0.05, 0.1) is 5.69 Å². The Bertz CT molecular complexity index is 830. The van der Waals surface area contributed by atoms with Crippen molar-refractivity contribution in [1.82, 2.24) is 0 Å². The third-order valence-corrected chi connectivity index (χ3v) is 5.63. The van der Waals surface area contributed by atoms with Crippen molar-refractivity contribution in [2.45, 2.75) is 86.0 Å². The summed E-state index contributed by atoms with van der Waals surface area (Å²) in [6.45, 7) is 24.1. The average molecular weight is 622 g/mol. The van der Waals surface area contributed by atoms with E-state index in [-0.39, 0.29) is 0 Å². The van der Waals surface area contributed by atoms with Crippen molar-refractivity contribution < 1.29 is 10.9 Å². The molecule has 0 saturated heterocycles. The Morgan fingerprint density at radius 2 is 0.939 bits per heavy atom. The first-order valence-electron chi connectivity index (χ1n) is 11.5. The fraction of sp³-hybridized carbons (Fsp3) is 0.464. The summed E-state index contributed by atoms with van der Waals surface area (Å²) >= 11 is 6.00. The molecule has 2 rings (SSSR count). The number of rotatable bonds is 7. The third kappa shape index (κ3) is 8.68. The smallest absolute Gasteiger partial charge is 0.0669 e. The maximum absolute atomic E-state index is 5.07. The molecule has 0 aliphatic carbocycles. The number of hydrogen-bond donors (Lipinski definition) is 0. The first-order valence-corrected chi connectivity index (χ1v) is 16.4. The fourth-order valence-corrected chi connectivity index (χ4v) is 3.73. The van der Waals surface area contributed by atoms with Gasteiger partial charge in [0.2, 0.25) is 0 Å². The molecule has 2 aromatic rings. The summed E-state index contributed by atoms with van der Waals surface area (Å²) in [6, 6.07) is 13.0. The van der Waals surface area contributed by atoms with Crippen molar-refractivity contribution in [2.75, 3.05) is 0 Å². The predicted molar refractivity (Wildman–Crippen MR) is 152 cm³/mol. The van der Waals surface area contributed by atoms with E-state index < -0.39 is 0 Å². The Balaban J connectivity index is 0.00000172. The van der Waals surface area contributed by atoms with Crippen LogP contribution in [0.4, 0.5) is 11.4 Å². The van der Waals surface area contributed by atoms with E-state index in [0.29, 0.717) is 23.7 Å². The normalized spacial score (nSPS) is 12.7. The number of para-hydroxylation sites is 2. The second-order valence-corrected chi connectivity index (χ2v) is 14.5. The summed E-state index contributed by atoms with van der Waals surface area (Å²) in [5, 5.41) is 0. The molecule has 0 aliphatic rings. The van der Waals surface area contributed by atoms with Crippen LogP contribution in [-0.2, 0) is 10.9 Å². The second kappa shape index (κ2) is 14.5. The van der Waals surface area contributed by atoms with Crippen molar-refractivity contribution in [1.29, 1.82) is 0 Å². The standard InChI is InChI=1S/C28H39N2.2BrH.Ni/c1-17(2)23-13-11-14-24(18(3)4)27(23)29-21(9)22(10)30-28-25(19(5)6)15-12-16-26(28)20(7)8;;;/h11-20H,9H2,1-8,10H3;2*1H;/q-1;;;+3/p-2. The molecule has 185 valence electrons. The molecule has 0 atom stereocenters. The minimum Gasteiger partial charge on any atom is -0.346 e. The van der Waals surface area contributed by atoms with Crippen molar-refractivity contribution in [3.8, 4) is 0 Å². The predicted octanol–water partition coefficient (Wildman–Crippen LogP) is 10.6. The van der Waals surface area contributed by atoms with Gasteiger partial charge in [0.1, 0.15) is 0 Å². The van der Waals surface area contributed by atoms with E-state index in [9.17, 15) is 0 Å². The van der Waals surface area contributed by atoms with E-state index in [4.69, 9.17) is 9.98 Å². The van der Waals surface area contributed by atoms with Gasteiger partial charge in [-0.2, -0.15) is 0 Å². The summed E-state index contributed by atoms with van der Waals surface area (Å²) in [4.78, 5) is 10.1. The van der Waals surface area contributed by atoms with Crippen LogP contribution >= 0.6 is 28.5 Å². The van der Waals surface area contributed by atoms with Gasteiger partial charge in [-0.1, -0.05) is 110 Å². The first-order chi connectivity index (χ1) is 15.5. The molecule has 0 amide bonds. The molecule has 0 radical (unpaired) electrons. The van der Waals surface area contributed by atoms with E-state index >= 15 is 0 Å². The summed E-state index contributed by atoms with van der Waals surface area (Å²) in [5.74, 6) is 1.63. The average Bonchev–Trinajstić information content (AvgIpc) is 2.73. The zero-order valence-electron chi connectivity index (χ0n) is 21.4. The van der Waals surface area contributed by atoms with Crippen LogP contribution in [0.3, 0.4) is 0 Å². The Morgan fingerprint density at radius 1 is 0.667 bits per heavy atom. The fourth-order valence-electron chi connectivity index (χ4n) is 3.73. The molecule has 0 N–H and O–H groups in total. The molecular weight excluding hydrogens is 583 g/mol. The van der Waals surface area contributed by atoms with Crippen molar-refractivity contribution in [2.24, 2.45) is 9.98 Å². The van der Waals surface area contributed by atoms with Crippen LogP contribution < -0.4 is 0 Å². The van der Waals surface area contributed by atoms with Crippen LogP contribution in [0, 0.1) is 6.92 Å². The number of halogens is 2. The SMILES string of the molecule is [Br][Ni+][Br].[CH2-]C(=Nc1c(C(C)C)cccc1C(C)C)C(C)=Nc1c(C(C)C)cccc1C(C)C. The molecule has 33 heavy (non-hydrogen) atoms. The Morgan fingerprint density at radius 3 is 1.21 bits per heavy atom. The van der Waals surface area contributed by atoms with Gasteiger partial charge in [-0.3, -0.25) is 4.99 Å². The summed E-state index contributed by atoms with van der Waals surface area (Å²) in [7, 11) is 1.25. The zero-order chi connectivity index (χ0) is 25.3. The largest absolute Gasteiger partial charge is 0.346 e. The summed E-state index contributed by atoms with van der Waals surface area (Å²) in [5.41, 5.74) is 8.83. The van der Waals surface area contributed by atoms with Crippen LogP contribution in [0.5, 0.6) is 0 Å². The molecule has 0 heterocycles. The molecule has 0 saturated carbocycles. The van der Waals surface area contributed by atoms with Gasteiger partial charge in [0.15, 0.2) is 0 Å². The van der Waals surface area contributed by atoms with Crippen LogP contribution in [0.2, 0.25) is 0 Å². The van der Waals surface area contributed by atoms with Gasteiger partial charge in [-0.05, 0) is 45.9 Å². The van der Waals surface area contributed by atoms with Crippen LogP contribution in [0.1, 0.15) is 108 Å². The monoisotopic (exact) mass is 619 g/mol. The van der Waals surface area contributed by atoms with Gasteiger partial charge in [0, 0.05) is 5.69 Å². The van der Waals surface area contributed by atoms with Crippen LogP contribution in [0.25, 0.3) is 0 Å². The van der Waals surface area contributed by atoms with Crippen molar-refractivity contribution in [3.05, 3.63) is 65.6 Å². The van der Waals surface area contributed by atoms with Crippen molar-refractivity contribution in [3.63, 3.8) is 0 Å². The molecule has 0 bridgehead atoms. The van der Waals surface area contributed by atoms with E-state index in [1.165, 1.54) is 33.2 Å². The first kappa shape index (κ1) is 30.1. The molecule has 0 spiro atoms. The van der Waals surface area contributed by atoms with E-state index in [1.54, 1.807) is 0 Å². The third-order valence-electron chi connectivity index (χ3n) is 5.63. The molecule has 0 unspecified atom stereocenters. The van der Waals surface area contributed by atoms with Crippen LogP contribution in [-0.4, -0.2) is 11.4 Å². The van der Waals surface area contributed by atoms with E-state index in [2.05, 4.69) is 127 Å². The molecule has 2 nitrogen and oxygen atoms in total.